The van der Waals surface area contributed by atoms with Crippen molar-refractivity contribution in [3.05, 3.63) is 12.6 Å². The van der Waals surface area contributed by atoms with Crippen molar-refractivity contribution in [1.82, 2.24) is 4.57 Å². The van der Waals surface area contributed by atoms with Crippen LogP contribution in [0.4, 0.5) is 0 Å². The summed E-state index contributed by atoms with van der Waals surface area (Å²) in [6.07, 6.45) is 5.88. The SMILES string of the molecule is C=Cn1c(OC)cc(SC)c1SC. The number of hydrogen-bond acceptors (Lipinski definition) is 3. The summed E-state index contributed by atoms with van der Waals surface area (Å²) in [6.45, 7) is 3.76. The van der Waals surface area contributed by atoms with Crippen LogP contribution in [0.5, 0.6) is 5.88 Å². The highest BCUT2D eigenvalue weighted by molar-refractivity contribution is 8.01. The van der Waals surface area contributed by atoms with E-state index in [1.54, 1.807) is 36.8 Å². The maximum absolute atomic E-state index is 5.23. The highest BCUT2D eigenvalue weighted by Crippen LogP contribution is 2.35. The van der Waals surface area contributed by atoms with Crippen LogP contribution in [-0.2, 0) is 0 Å². The monoisotopic (exact) mass is 215 g/mol. The molecule has 0 aliphatic heterocycles. The van der Waals surface area contributed by atoms with Gasteiger partial charge in [0.05, 0.1) is 12.1 Å². The third-order valence-electron chi connectivity index (χ3n) is 1.73. The molecule has 0 saturated carbocycles. The summed E-state index contributed by atoms with van der Waals surface area (Å²) in [4.78, 5) is 1.23. The molecule has 1 aromatic heterocycles. The third kappa shape index (κ3) is 1.89. The maximum atomic E-state index is 5.23. The van der Waals surface area contributed by atoms with E-state index in [1.807, 2.05) is 10.6 Å². The molecular formula is C9H13NOS2. The van der Waals surface area contributed by atoms with Gasteiger partial charge in [-0.3, -0.25) is 4.57 Å². The van der Waals surface area contributed by atoms with Crippen molar-refractivity contribution in [2.45, 2.75) is 9.92 Å². The van der Waals surface area contributed by atoms with E-state index in [2.05, 4.69) is 19.1 Å². The Labute approximate surface area is 87.3 Å². The molecule has 0 amide bonds. The second-order valence-corrected chi connectivity index (χ2v) is 3.96. The number of thioether (sulfide) groups is 2. The van der Waals surface area contributed by atoms with E-state index in [0.29, 0.717) is 0 Å². The van der Waals surface area contributed by atoms with Crippen LogP contribution < -0.4 is 4.74 Å². The first-order chi connectivity index (χ1) is 6.28. The Balaban J connectivity index is 3.25. The molecular weight excluding hydrogens is 202 g/mol. The Hall–Kier alpha value is -0.480. The number of hydrogen-bond donors (Lipinski definition) is 0. The Bertz CT molecular complexity index is 307. The number of nitrogens with zero attached hydrogens (tertiary/aromatic N) is 1. The van der Waals surface area contributed by atoms with Gasteiger partial charge in [-0.25, -0.2) is 0 Å². The van der Waals surface area contributed by atoms with Crippen molar-refractivity contribution in [3.8, 4) is 5.88 Å². The molecule has 1 heterocycles. The fourth-order valence-electron chi connectivity index (χ4n) is 1.14. The van der Waals surface area contributed by atoms with Gasteiger partial charge in [0, 0.05) is 17.2 Å². The molecule has 13 heavy (non-hydrogen) atoms. The highest BCUT2D eigenvalue weighted by Gasteiger charge is 2.11. The molecule has 0 radical (unpaired) electrons. The zero-order valence-corrected chi connectivity index (χ0v) is 9.67. The fraction of sp³-hybridized carbons (Fsp3) is 0.333. The Kier molecular flexibility index (Phi) is 3.81. The van der Waals surface area contributed by atoms with Crippen molar-refractivity contribution >= 4 is 29.7 Å². The first-order valence-corrected chi connectivity index (χ1v) is 6.23. The number of ether oxygens (including phenoxy) is 1. The summed E-state index contributed by atoms with van der Waals surface area (Å²) in [5.74, 6) is 0.837. The molecule has 0 unspecified atom stereocenters. The Morgan fingerprint density at radius 2 is 2.15 bits per heavy atom. The number of rotatable bonds is 4. The first-order valence-electron chi connectivity index (χ1n) is 3.78. The quantitative estimate of drug-likeness (QED) is 0.717. The molecule has 0 fully saturated rings. The van der Waals surface area contributed by atoms with Gasteiger partial charge in [0.25, 0.3) is 0 Å². The van der Waals surface area contributed by atoms with E-state index >= 15 is 0 Å². The molecule has 0 spiro atoms. The minimum absolute atomic E-state index is 0.837. The number of aromatic nitrogens is 1. The summed E-state index contributed by atoms with van der Waals surface area (Å²) < 4.78 is 7.18. The van der Waals surface area contributed by atoms with Crippen LogP contribution in [0.2, 0.25) is 0 Å². The summed E-state index contributed by atoms with van der Waals surface area (Å²) in [6, 6.07) is 2.03. The largest absolute Gasteiger partial charge is 0.482 e. The van der Waals surface area contributed by atoms with Crippen molar-refractivity contribution in [1.29, 1.82) is 0 Å². The van der Waals surface area contributed by atoms with Gasteiger partial charge in [0.2, 0.25) is 0 Å². The van der Waals surface area contributed by atoms with Gasteiger partial charge in [-0.1, -0.05) is 6.58 Å². The summed E-state index contributed by atoms with van der Waals surface area (Å²) >= 11 is 3.41. The lowest BCUT2D eigenvalue weighted by Crippen LogP contribution is -1.92. The van der Waals surface area contributed by atoms with Crippen molar-refractivity contribution < 1.29 is 4.74 Å². The number of methoxy groups -OCH3 is 1. The lowest BCUT2D eigenvalue weighted by Gasteiger charge is -2.04. The molecule has 0 bridgehead atoms. The van der Waals surface area contributed by atoms with E-state index < -0.39 is 0 Å². The van der Waals surface area contributed by atoms with Gasteiger partial charge >= 0.3 is 0 Å². The summed E-state index contributed by atoms with van der Waals surface area (Å²) in [7, 11) is 1.67. The average molecular weight is 215 g/mol. The van der Waals surface area contributed by atoms with E-state index in [-0.39, 0.29) is 0 Å². The van der Waals surface area contributed by atoms with E-state index in [4.69, 9.17) is 4.74 Å². The maximum Gasteiger partial charge on any atom is 0.199 e. The molecule has 0 atom stereocenters. The first kappa shape index (κ1) is 10.6. The Morgan fingerprint density at radius 1 is 1.46 bits per heavy atom. The van der Waals surface area contributed by atoms with Gasteiger partial charge in [-0.2, -0.15) is 0 Å². The lowest BCUT2D eigenvalue weighted by molar-refractivity contribution is 0.389. The molecule has 0 aromatic carbocycles. The van der Waals surface area contributed by atoms with Crippen LogP contribution in [0.25, 0.3) is 6.20 Å². The van der Waals surface area contributed by atoms with E-state index in [0.717, 1.165) is 5.88 Å². The van der Waals surface area contributed by atoms with Gasteiger partial charge in [-0.05, 0) is 12.5 Å². The minimum atomic E-state index is 0.837. The molecule has 0 aliphatic rings. The second-order valence-electron chi connectivity index (χ2n) is 2.32. The van der Waals surface area contributed by atoms with Crippen LogP contribution >= 0.6 is 23.5 Å². The van der Waals surface area contributed by atoms with Crippen LogP contribution in [0.1, 0.15) is 0 Å². The zero-order chi connectivity index (χ0) is 9.84. The summed E-state index contributed by atoms with van der Waals surface area (Å²) in [5.41, 5.74) is 0. The van der Waals surface area contributed by atoms with Gasteiger partial charge in [0.1, 0.15) is 0 Å². The predicted molar refractivity (Wildman–Crippen MR) is 60.9 cm³/mol. The van der Waals surface area contributed by atoms with Gasteiger partial charge in [-0.15, -0.1) is 23.5 Å². The van der Waals surface area contributed by atoms with Crippen LogP contribution in [0.15, 0.2) is 22.6 Å². The van der Waals surface area contributed by atoms with Crippen LogP contribution in [-0.4, -0.2) is 24.2 Å². The van der Waals surface area contributed by atoms with Gasteiger partial charge in [0.15, 0.2) is 5.88 Å². The topological polar surface area (TPSA) is 14.2 Å². The predicted octanol–water partition coefficient (Wildman–Crippen LogP) is 3.04. The van der Waals surface area contributed by atoms with Crippen molar-refractivity contribution in [2.75, 3.05) is 19.6 Å². The third-order valence-corrected chi connectivity index (χ3v) is 3.41. The highest BCUT2D eigenvalue weighted by atomic mass is 32.2. The molecule has 0 N–H and O–H groups in total. The average Bonchev–Trinajstić information content (AvgIpc) is 2.54. The van der Waals surface area contributed by atoms with Crippen LogP contribution in [0, 0.1) is 0 Å². The molecule has 72 valence electrons. The standard InChI is InChI=1S/C9H13NOS2/c1-5-10-8(11-2)6-7(12-3)9(10)13-4/h5-6H,1H2,2-4H3. The molecule has 0 aliphatic carbocycles. The van der Waals surface area contributed by atoms with E-state index in [9.17, 15) is 0 Å². The zero-order valence-electron chi connectivity index (χ0n) is 8.03. The summed E-state index contributed by atoms with van der Waals surface area (Å²) in [5, 5.41) is 1.18. The van der Waals surface area contributed by atoms with Crippen molar-refractivity contribution in [2.24, 2.45) is 0 Å². The fourth-order valence-corrected chi connectivity index (χ4v) is 2.75. The molecule has 1 rings (SSSR count). The molecule has 1 aromatic rings. The molecule has 4 heteroatoms. The van der Waals surface area contributed by atoms with Crippen LogP contribution in [0.3, 0.4) is 0 Å². The smallest absolute Gasteiger partial charge is 0.199 e. The molecule has 0 saturated heterocycles. The normalized spacial score (nSPS) is 10.1. The lowest BCUT2D eigenvalue weighted by atomic mass is 10.6. The Morgan fingerprint density at radius 3 is 2.54 bits per heavy atom. The molecule has 2 nitrogen and oxygen atoms in total. The van der Waals surface area contributed by atoms with Gasteiger partial charge < -0.3 is 4.74 Å². The minimum Gasteiger partial charge on any atom is -0.482 e. The van der Waals surface area contributed by atoms with Crippen molar-refractivity contribution in [3.63, 3.8) is 0 Å². The van der Waals surface area contributed by atoms with E-state index in [1.165, 1.54) is 9.92 Å². The second kappa shape index (κ2) is 4.67.